The zero-order chi connectivity index (χ0) is 22.4. The highest BCUT2D eigenvalue weighted by Gasteiger charge is 2.28. The van der Waals surface area contributed by atoms with Crippen molar-refractivity contribution in [3.05, 3.63) is 57.9 Å². The van der Waals surface area contributed by atoms with Crippen LogP contribution in [0.3, 0.4) is 0 Å². The third kappa shape index (κ3) is 2.92. The maximum Gasteiger partial charge on any atom is 0.272 e. The number of hydrogen-bond acceptors (Lipinski definition) is 6. The fraction of sp³-hybridized carbons (Fsp3) is 0.217. The van der Waals surface area contributed by atoms with Crippen molar-refractivity contribution in [3.8, 4) is 40.0 Å². The molecule has 2 aromatic heterocycles. The Bertz CT molecular complexity index is 1480. The van der Waals surface area contributed by atoms with Gasteiger partial charge >= 0.3 is 0 Å². The summed E-state index contributed by atoms with van der Waals surface area (Å²) in [6.45, 7) is 2.51. The molecule has 0 spiro atoms. The number of fused-ring (bicyclic) bond motifs is 2. The van der Waals surface area contributed by atoms with E-state index in [1.54, 1.807) is 25.4 Å². The van der Waals surface area contributed by atoms with E-state index < -0.39 is 5.82 Å². The smallest absolute Gasteiger partial charge is 0.272 e. The predicted octanol–water partition coefficient (Wildman–Crippen LogP) is 3.33. The van der Waals surface area contributed by atoms with Gasteiger partial charge < -0.3 is 9.47 Å². The monoisotopic (exact) mass is 431 g/mol. The number of rotatable bonds is 3. The van der Waals surface area contributed by atoms with E-state index in [1.807, 2.05) is 13.0 Å². The summed E-state index contributed by atoms with van der Waals surface area (Å²) >= 11 is 0. The van der Waals surface area contributed by atoms with Gasteiger partial charge in [0.2, 0.25) is 0 Å². The second-order valence-corrected chi connectivity index (χ2v) is 7.39. The number of hydrogen-bond donors (Lipinski definition) is 1. The molecule has 0 radical (unpaired) electrons. The Morgan fingerprint density at radius 1 is 1.25 bits per heavy atom. The second kappa shape index (κ2) is 7.50. The molecule has 3 heterocycles. The normalized spacial score (nSPS) is 12.7. The van der Waals surface area contributed by atoms with Crippen molar-refractivity contribution in [1.82, 2.24) is 20.0 Å². The highest BCUT2D eigenvalue weighted by Crippen LogP contribution is 2.44. The van der Waals surface area contributed by atoms with E-state index in [9.17, 15) is 10.1 Å². The Balaban J connectivity index is 1.78. The SMILES string of the molecule is CCc1n[nH]c(=O)c2ccc(-c3cnn(C)c3-c3c(F)cc4c(c3C#N)OCCO4)cc12. The summed E-state index contributed by atoms with van der Waals surface area (Å²) in [4.78, 5) is 12.2. The summed E-state index contributed by atoms with van der Waals surface area (Å²) in [5, 5.41) is 22.1. The van der Waals surface area contributed by atoms with Crippen LogP contribution in [0.5, 0.6) is 11.5 Å². The lowest BCUT2D eigenvalue weighted by molar-refractivity contribution is 0.170. The van der Waals surface area contributed by atoms with Crippen molar-refractivity contribution in [2.24, 2.45) is 7.05 Å². The minimum atomic E-state index is -0.608. The van der Waals surface area contributed by atoms with Gasteiger partial charge in [0.05, 0.1) is 28.5 Å². The van der Waals surface area contributed by atoms with Crippen LogP contribution in [0.25, 0.3) is 33.2 Å². The summed E-state index contributed by atoms with van der Waals surface area (Å²) in [6, 6.07) is 8.65. The van der Waals surface area contributed by atoms with Gasteiger partial charge in [0, 0.05) is 24.1 Å². The number of nitrogens with zero attached hydrogens (tertiary/aromatic N) is 4. The minimum absolute atomic E-state index is 0.0534. The first kappa shape index (κ1) is 19.8. The van der Waals surface area contributed by atoms with Gasteiger partial charge in [0.1, 0.15) is 30.7 Å². The van der Waals surface area contributed by atoms with Crippen LogP contribution >= 0.6 is 0 Å². The molecule has 1 N–H and O–H groups in total. The van der Waals surface area contributed by atoms with Crippen molar-refractivity contribution < 1.29 is 13.9 Å². The molecule has 160 valence electrons. The first-order valence-electron chi connectivity index (χ1n) is 10.1. The third-order valence-electron chi connectivity index (χ3n) is 5.59. The van der Waals surface area contributed by atoms with Crippen molar-refractivity contribution in [1.29, 1.82) is 5.26 Å². The quantitative estimate of drug-likeness (QED) is 0.533. The molecule has 5 rings (SSSR count). The molecule has 1 aliphatic heterocycles. The highest BCUT2D eigenvalue weighted by atomic mass is 19.1. The standard InChI is InChI=1S/C23H18FN5O3/c1-3-18-14-8-12(4-5-13(14)23(30)28-27-18)16-11-26-29(2)21(16)20-15(10-25)22-19(9-17(20)24)31-6-7-32-22/h4-5,8-9,11H,3,6-7H2,1-2H3,(H,28,30). The van der Waals surface area contributed by atoms with E-state index in [0.717, 1.165) is 11.3 Å². The molecule has 0 fully saturated rings. The van der Waals surface area contributed by atoms with E-state index in [1.165, 1.54) is 10.7 Å². The van der Waals surface area contributed by atoms with Crippen molar-refractivity contribution >= 4 is 10.8 Å². The van der Waals surface area contributed by atoms with Crippen molar-refractivity contribution in [2.75, 3.05) is 13.2 Å². The molecule has 8 nitrogen and oxygen atoms in total. The van der Waals surface area contributed by atoms with Crippen LogP contribution < -0.4 is 15.0 Å². The van der Waals surface area contributed by atoms with Crippen LogP contribution in [0.1, 0.15) is 18.2 Å². The molecule has 32 heavy (non-hydrogen) atoms. The second-order valence-electron chi connectivity index (χ2n) is 7.39. The van der Waals surface area contributed by atoms with Gasteiger partial charge in [-0.1, -0.05) is 13.0 Å². The Morgan fingerprint density at radius 3 is 2.84 bits per heavy atom. The van der Waals surface area contributed by atoms with Gasteiger partial charge in [-0.15, -0.1) is 0 Å². The number of aromatic nitrogens is 4. The molecule has 0 saturated carbocycles. The number of benzene rings is 2. The highest BCUT2D eigenvalue weighted by molar-refractivity contribution is 5.92. The fourth-order valence-electron chi connectivity index (χ4n) is 4.10. The number of aryl methyl sites for hydroxylation is 2. The van der Waals surface area contributed by atoms with Crippen LogP contribution in [0.4, 0.5) is 4.39 Å². The molecule has 0 saturated heterocycles. The van der Waals surface area contributed by atoms with Gasteiger partial charge in [-0.3, -0.25) is 9.48 Å². The number of ether oxygens (including phenoxy) is 2. The van der Waals surface area contributed by atoms with E-state index >= 15 is 4.39 Å². The molecular formula is C23H18FN5O3. The van der Waals surface area contributed by atoms with Gasteiger partial charge in [0.15, 0.2) is 11.5 Å². The predicted molar refractivity (Wildman–Crippen MR) is 115 cm³/mol. The van der Waals surface area contributed by atoms with Crippen molar-refractivity contribution in [2.45, 2.75) is 13.3 Å². The zero-order valence-electron chi connectivity index (χ0n) is 17.4. The molecule has 0 aliphatic carbocycles. The lowest BCUT2D eigenvalue weighted by Crippen LogP contribution is -2.17. The first-order valence-corrected chi connectivity index (χ1v) is 10.1. The lowest BCUT2D eigenvalue weighted by atomic mass is 9.95. The Kier molecular flexibility index (Phi) is 4.63. The van der Waals surface area contributed by atoms with Gasteiger partial charge in [0.25, 0.3) is 5.56 Å². The summed E-state index contributed by atoms with van der Waals surface area (Å²) in [5.41, 5.74) is 2.37. The number of halogens is 1. The first-order chi connectivity index (χ1) is 15.5. The average Bonchev–Trinajstić information content (AvgIpc) is 3.19. The topological polar surface area (TPSA) is 106 Å². The molecular weight excluding hydrogens is 413 g/mol. The fourth-order valence-corrected chi connectivity index (χ4v) is 4.10. The summed E-state index contributed by atoms with van der Waals surface area (Å²) < 4.78 is 27.9. The minimum Gasteiger partial charge on any atom is -0.486 e. The molecule has 2 aromatic carbocycles. The molecule has 0 amide bonds. The van der Waals surface area contributed by atoms with Crippen LogP contribution in [0.15, 0.2) is 35.3 Å². The van der Waals surface area contributed by atoms with Crippen LogP contribution in [0.2, 0.25) is 0 Å². The molecule has 1 aliphatic rings. The average molecular weight is 431 g/mol. The summed E-state index contributed by atoms with van der Waals surface area (Å²) in [5.74, 6) is -0.171. The largest absolute Gasteiger partial charge is 0.486 e. The van der Waals surface area contributed by atoms with Gasteiger partial charge in [-0.2, -0.15) is 15.5 Å². The summed E-state index contributed by atoms with van der Waals surface area (Å²) in [7, 11) is 1.68. The number of H-pyrrole nitrogens is 1. The van der Waals surface area contributed by atoms with E-state index in [-0.39, 0.29) is 41.4 Å². The Morgan fingerprint density at radius 2 is 2.06 bits per heavy atom. The molecule has 0 bridgehead atoms. The van der Waals surface area contributed by atoms with Crippen LogP contribution in [-0.2, 0) is 13.5 Å². The number of aromatic amines is 1. The number of nitriles is 1. The maximum atomic E-state index is 15.3. The van der Waals surface area contributed by atoms with E-state index in [2.05, 4.69) is 21.4 Å². The van der Waals surface area contributed by atoms with E-state index in [0.29, 0.717) is 28.5 Å². The van der Waals surface area contributed by atoms with Gasteiger partial charge in [-0.25, -0.2) is 9.49 Å². The zero-order valence-corrected chi connectivity index (χ0v) is 17.4. The maximum absolute atomic E-state index is 15.3. The van der Waals surface area contributed by atoms with E-state index in [4.69, 9.17) is 9.47 Å². The molecule has 0 atom stereocenters. The van der Waals surface area contributed by atoms with Crippen molar-refractivity contribution in [3.63, 3.8) is 0 Å². The summed E-state index contributed by atoms with van der Waals surface area (Å²) in [6.07, 6.45) is 2.24. The van der Waals surface area contributed by atoms with Crippen LogP contribution in [0, 0.1) is 17.1 Å². The van der Waals surface area contributed by atoms with Crippen LogP contribution in [-0.4, -0.2) is 33.2 Å². The molecule has 0 unspecified atom stereocenters. The van der Waals surface area contributed by atoms with Gasteiger partial charge in [-0.05, 0) is 24.1 Å². The lowest BCUT2D eigenvalue weighted by Gasteiger charge is -2.21. The Hall–Kier alpha value is -4.19. The molecule has 9 heteroatoms. The Labute approximate surface area is 181 Å². The number of nitrogens with one attached hydrogen (secondary N) is 1. The molecule has 4 aromatic rings. The third-order valence-corrected chi connectivity index (χ3v) is 5.59.